The lowest BCUT2D eigenvalue weighted by Crippen LogP contribution is -2.42. The Morgan fingerprint density at radius 1 is 1.12 bits per heavy atom. The van der Waals surface area contributed by atoms with Crippen molar-refractivity contribution >= 4 is 5.71 Å². The molecule has 1 N–H and O–H groups in total. The quantitative estimate of drug-likeness (QED) is 0.589. The highest BCUT2D eigenvalue weighted by atomic mass is 14.5. The molecule has 1 heteroatoms. The van der Waals surface area contributed by atoms with Crippen molar-refractivity contribution in [1.29, 1.82) is 5.41 Å². The predicted octanol–water partition coefficient (Wildman–Crippen LogP) is 6.80. The van der Waals surface area contributed by atoms with Crippen LogP contribution in [0.2, 0.25) is 0 Å². The van der Waals surface area contributed by atoms with Gasteiger partial charge in [-0.25, -0.2) is 0 Å². The minimum absolute atomic E-state index is 0.251. The van der Waals surface area contributed by atoms with E-state index in [9.17, 15) is 0 Å². The van der Waals surface area contributed by atoms with Gasteiger partial charge in [0.2, 0.25) is 0 Å². The van der Waals surface area contributed by atoms with Crippen molar-refractivity contribution in [3.8, 4) is 0 Å². The number of hydrogen-bond donors (Lipinski definition) is 1. The molecule has 5 unspecified atom stereocenters. The summed E-state index contributed by atoms with van der Waals surface area (Å²) in [6, 6.07) is 0. The van der Waals surface area contributed by atoms with Crippen molar-refractivity contribution in [2.24, 2.45) is 34.5 Å². The summed E-state index contributed by atoms with van der Waals surface area (Å²) >= 11 is 0. The molecule has 0 radical (unpaired) electrons. The molecule has 3 aliphatic carbocycles. The van der Waals surface area contributed by atoms with Gasteiger partial charge in [0.05, 0.1) is 5.71 Å². The number of nitrogens with one attached hydrogen (secondary N) is 1. The van der Waals surface area contributed by atoms with Crippen LogP contribution < -0.4 is 0 Å². The largest absolute Gasteiger partial charge is 0.301 e. The standard InChI is InChI=1S/C23H37N/c1-15-7-10-19-13-21(24)16(2)14-23(19,6)20(15)11-12-22(5)17(3)8-9-18(22)4/h13,15,17-18,20,24H,2,7-12,14H2,1,3-6H3/t15?,17-,18?,20?,22?,23?/m1/s1. The van der Waals surface area contributed by atoms with Crippen molar-refractivity contribution in [3.63, 3.8) is 0 Å². The third-order valence-electron chi connectivity index (χ3n) is 8.67. The molecule has 3 rings (SSSR count). The van der Waals surface area contributed by atoms with Gasteiger partial charge in [-0.05, 0) is 91.1 Å². The van der Waals surface area contributed by atoms with E-state index in [1.165, 1.54) is 38.5 Å². The van der Waals surface area contributed by atoms with E-state index < -0.39 is 0 Å². The molecular weight excluding hydrogens is 290 g/mol. The molecule has 1 nitrogen and oxygen atoms in total. The maximum atomic E-state index is 8.17. The van der Waals surface area contributed by atoms with Crippen LogP contribution >= 0.6 is 0 Å². The first-order valence-electron chi connectivity index (χ1n) is 10.2. The van der Waals surface area contributed by atoms with Gasteiger partial charge in [-0.1, -0.05) is 46.8 Å². The molecule has 3 aliphatic rings. The highest BCUT2D eigenvalue weighted by Gasteiger charge is 2.48. The molecule has 0 saturated heterocycles. The summed E-state index contributed by atoms with van der Waals surface area (Å²) in [5.74, 6) is 3.27. The van der Waals surface area contributed by atoms with E-state index >= 15 is 0 Å². The van der Waals surface area contributed by atoms with Crippen molar-refractivity contribution in [3.05, 3.63) is 23.8 Å². The van der Waals surface area contributed by atoms with Crippen LogP contribution in [0.15, 0.2) is 23.8 Å². The van der Waals surface area contributed by atoms with Crippen LogP contribution in [0.5, 0.6) is 0 Å². The fourth-order valence-electron chi connectivity index (χ4n) is 6.24. The summed E-state index contributed by atoms with van der Waals surface area (Å²) in [5, 5.41) is 8.17. The van der Waals surface area contributed by atoms with Gasteiger partial charge in [0.1, 0.15) is 0 Å². The van der Waals surface area contributed by atoms with Gasteiger partial charge in [-0.15, -0.1) is 0 Å². The third-order valence-corrected chi connectivity index (χ3v) is 8.67. The molecule has 0 aliphatic heterocycles. The van der Waals surface area contributed by atoms with Crippen molar-refractivity contribution in [1.82, 2.24) is 0 Å². The van der Waals surface area contributed by atoms with Crippen LogP contribution in [0.3, 0.4) is 0 Å². The molecule has 0 heterocycles. The lowest BCUT2D eigenvalue weighted by Gasteiger charge is -2.51. The van der Waals surface area contributed by atoms with Crippen molar-refractivity contribution in [2.45, 2.75) is 79.6 Å². The second kappa shape index (κ2) is 6.15. The Morgan fingerprint density at radius 2 is 1.75 bits per heavy atom. The van der Waals surface area contributed by atoms with Crippen LogP contribution in [0.4, 0.5) is 0 Å². The monoisotopic (exact) mass is 327 g/mol. The van der Waals surface area contributed by atoms with Gasteiger partial charge in [0.15, 0.2) is 0 Å². The van der Waals surface area contributed by atoms with Gasteiger partial charge in [0.25, 0.3) is 0 Å². The minimum atomic E-state index is 0.251. The summed E-state index contributed by atoms with van der Waals surface area (Å²) in [6.07, 6.45) is 11.2. The van der Waals surface area contributed by atoms with E-state index in [-0.39, 0.29) is 5.41 Å². The van der Waals surface area contributed by atoms with E-state index in [0.717, 1.165) is 35.7 Å². The van der Waals surface area contributed by atoms with Gasteiger partial charge in [0, 0.05) is 0 Å². The molecule has 0 aromatic rings. The van der Waals surface area contributed by atoms with E-state index in [4.69, 9.17) is 5.41 Å². The van der Waals surface area contributed by atoms with Crippen LogP contribution in [-0.4, -0.2) is 5.71 Å². The zero-order chi connectivity index (χ0) is 17.7. The lowest BCUT2D eigenvalue weighted by molar-refractivity contribution is 0.0746. The fraction of sp³-hybridized carbons (Fsp3) is 0.783. The maximum absolute atomic E-state index is 8.17. The van der Waals surface area contributed by atoms with Crippen LogP contribution in [0.1, 0.15) is 79.6 Å². The Hall–Kier alpha value is -0.850. The van der Waals surface area contributed by atoms with Crippen molar-refractivity contribution < 1.29 is 0 Å². The van der Waals surface area contributed by atoms with E-state index in [1.54, 1.807) is 5.57 Å². The molecular formula is C23H37N. The minimum Gasteiger partial charge on any atom is -0.301 e. The molecule has 0 bridgehead atoms. The van der Waals surface area contributed by atoms with Crippen LogP contribution in [0, 0.1) is 39.9 Å². The van der Waals surface area contributed by atoms with Crippen LogP contribution in [-0.2, 0) is 0 Å². The molecule has 0 amide bonds. The summed E-state index contributed by atoms with van der Waals surface area (Å²) in [7, 11) is 0. The summed E-state index contributed by atoms with van der Waals surface area (Å²) in [4.78, 5) is 0. The molecule has 0 aromatic heterocycles. The fourth-order valence-corrected chi connectivity index (χ4v) is 6.24. The number of hydrogen-bond acceptors (Lipinski definition) is 1. The Morgan fingerprint density at radius 3 is 2.38 bits per heavy atom. The smallest absolute Gasteiger partial charge is 0.0566 e. The number of fused-ring (bicyclic) bond motifs is 1. The Labute approximate surface area is 149 Å². The first-order valence-corrected chi connectivity index (χ1v) is 10.2. The zero-order valence-corrected chi connectivity index (χ0v) is 16.5. The predicted molar refractivity (Wildman–Crippen MR) is 104 cm³/mol. The lowest BCUT2D eigenvalue weighted by atomic mass is 9.54. The Balaban J connectivity index is 1.82. The molecule has 134 valence electrons. The number of rotatable bonds is 3. The van der Waals surface area contributed by atoms with Gasteiger partial charge >= 0.3 is 0 Å². The average Bonchev–Trinajstić information content (AvgIpc) is 2.76. The normalized spacial score (nSPS) is 46.0. The Bertz CT molecular complexity index is 559. The third kappa shape index (κ3) is 2.72. The van der Waals surface area contributed by atoms with Gasteiger partial charge in [-0.3, -0.25) is 0 Å². The summed E-state index contributed by atoms with van der Waals surface area (Å²) in [5.41, 5.74) is 4.05. The number of allylic oxidation sites excluding steroid dienone is 3. The summed E-state index contributed by atoms with van der Waals surface area (Å²) < 4.78 is 0. The van der Waals surface area contributed by atoms with Crippen LogP contribution in [0.25, 0.3) is 0 Å². The summed E-state index contributed by atoms with van der Waals surface area (Å²) in [6.45, 7) is 16.6. The molecule has 0 aromatic carbocycles. The van der Waals surface area contributed by atoms with Gasteiger partial charge < -0.3 is 5.41 Å². The SMILES string of the molecule is C=C1CC2(C)C(=CC1=N)CCC(C)C2CCC1(C)C(C)CC[C@H]1C. The first-order chi connectivity index (χ1) is 11.2. The Kier molecular flexibility index (Phi) is 4.60. The zero-order valence-electron chi connectivity index (χ0n) is 16.5. The molecule has 6 atom stereocenters. The highest BCUT2D eigenvalue weighted by molar-refractivity contribution is 6.07. The molecule has 2 fully saturated rings. The second-order valence-electron chi connectivity index (χ2n) is 9.83. The van der Waals surface area contributed by atoms with E-state index in [0.29, 0.717) is 11.1 Å². The molecule has 0 spiro atoms. The van der Waals surface area contributed by atoms with Crippen molar-refractivity contribution in [2.75, 3.05) is 0 Å². The average molecular weight is 328 g/mol. The van der Waals surface area contributed by atoms with Gasteiger partial charge in [-0.2, -0.15) is 0 Å². The van der Waals surface area contributed by atoms with E-state index in [2.05, 4.69) is 47.3 Å². The second-order valence-corrected chi connectivity index (χ2v) is 9.83. The molecule has 2 saturated carbocycles. The molecule has 24 heavy (non-hydrogen) atoms. The maximum Gasteiger partial charge on any atom is 0.0566 e. The van der Waals surface area contributed by atoms with E-state index in [1.807, 2.05) is 0 Å². The first kappa shape index (κ1) is 18.0. The topological polar surface area (TPSA) is 23.9 Å². The highest BCUT2D eigenvalue weighted by Crippen LogP contribution is 2.57.